The number of anilines is 2. The van der Waals surface area contributed by atoms with Gasteiger partial charge in [-0.15, -0.1) is 0 Å². The third-order valence-electron chi connectivity index (χ3n) is 5.69. The van der Waals surface area contributed by atoms with Gasteiger partial charge in [0.05, 0.1) is 0 Å². The molecular weight excluding hydrogens is 350 g/mol. The average Bonchev–Trinajstić information content (AvgIpc) is 2.63. The predicted molar refractivity (Wildman–Crippen MR) is 111 cm³/mol. The maximum atomic E-state index is 13.0. The van der Waals surface area contributed by atoms with Gasteiger partial charge in [0.2, 0.25) is 5.91 Å². The fourth-order valence-electron chi connectivity index (χ4n) is 3.84. The van der Waals surface area contributed by atoms with Gasteiger partial charge < -0.3 is 10.2 Å². The van der Waals surface area contributed by atoms with E-state index in [1.807, 2.05) is 40.1 Å². The number of urea groups is 1. The van der Waals surface area contributed by atoms with Crippen molar-refractivity contribution in [2.24, 2.45) is 5.92 Å². The van der Waals surface area contributed by atoms with Gasteiger partial charge in [0, 0.05) is 36.9 Å². The van der Waals surface area contributed by atoms with E-state index in [-0.39, 0.29) is 17.9 Å². The van der Waals surface area contributed by atoms with Crippen molar-refractivity contribution in [1.29, 1.82) is 0 Å². The molecule has 2 fully saturated rings. The zero-order chi connectivity index (χ0) is 19.5. The fourth-order valence-corrected chi connectivity index (χ4v) is 3.84. The van der Waals surface area contributed by atoms with Crippen LogP contribution in [0.1, 0.15) is 36.8 Å². The van der Waals surface area contributed by atoms with E-state index in [4.69, 9.17) is 0 Å². The molecule has 1 saturated heterocycles. The van der Waals surface area contributed by atoms with E-state index >= 15 is 0 Å². The number of hydrogen-bond donors (Lipinski definition) is 1. The number of carbonyl (C=O) groups excluding carboxylic acids is 2. The van der Waals surface area contributed by atoms with Gasteiger partial charge in [0.1, 0.15) is 0 Å². The van der Waals surface area contributed by atoms with Gasteiger partial charge in [0.15, 0.2) is 0 Å². The van der Waals surface area contributed by atoms with Gasteiger partial charge in [-0.25, -0.2) is 4.79 Å². The van der Waals surface area contributed by atoms with E-state index in [9.17, 15) is 9.59 Å². The summed E-state index contributed by atoms with van der Waals surface area (Å²) in [7, 11) is 0. The topological polar surface area (TPSA) is 52.6 Å². The van der Waals surface area contributed by atoms with Crippen LogP contribution in [0, 0.1) is 12.8 Å². The summed E-state index contributed by atoms with van der Waals surface area (Å²) in [5, 5.41) is 2.98. The molecule has 2 aromatic rings. The summed E-state index contributed by atoms with van der Waals surface area (Å²) < 4.78 is 0. The summed E-state index contributed by atoms with van der Waals surface area (Å²) >= 11 is 0. The standard InChI is InChI=1S/C23H27N3O2/c1-17-5-2-6-18(15-17)16-25-13-4-14-26(23(25)28)21-11-9-20(10-12-21)24-22(27)19-7-3-8-19/h2,5-6,9-12,15,19H,3-4,7-8,13-14,16H2,1H3,(H,24,27). The fraction of sp³-hybridized carbons (Fsp3) is 0.391. The molecule has 2 aliphatic rings. The molecule has 0 spiro atoms. The molecule has 0 aromatic heterocycles. The Kier molecular flexibility index (Phi) is 5.33. The minimum absolute atomic E-state index is 0.0407. The summed E-state index contributed by atoms with van der Waals surface area (Å²) in [6.45, 7) is 4.20. The van der Waals surface area contributed by atoms with Crippen LogP contribution in [0.25, 0.3) is 0 Å². The van der Waals surface area contributed by atoms with Crippen molar-refractivity contribution in [3.05, 3.63) is 59.7 Å². The van der Waals surface area contributed by atoms with Crippen LogP contribution in [-0.4, -0.2) is 29.9 Å². The normalized spacial score (nSPS) is 17.4. The number of aryl methyl sites for hydroxylation is 1. The minimum atomic E-state index is 0.0407. The molecule has 5 nitrogen and oxygen atoms in total. The summed E-state index contributed by atoms with van der Waals surface area (Å²) in [6, 6.07) is 16.0. The summed E-state index contributed by atoms with van der Waals surface area (Å²) in [5.74, 6) is 0.274. The smallest absolute Gasteiger partial charge is 0.324 e. The van der Waals surface area contributed by atoms with Crippen molar-refractivity contribution in [3.8, 4) is 0 Å². The molecule has 5 heteroatoms. The monoisotopic (exact) mass is 377 g/mol. The van der Waals surface area contributed by atoms with Crippen LogP contribution in [-0.2, 0) is 11.3 Å². The Hall–Kier alpha value is -2.82. The molecule has 146 valence electrons. The molecule has 1 heterocycles. The highest BCUT2D eigenvalue weighted by Crippen LogP contribution is 2.28. The Bertz CT molecular complexity index is 858. The molecule has 1 N–H and O–H groups in total. The van der Waals surface area contributed by atoms with Gasteiger partial charge in [-0.2, -0.15) is 0 Å². The molecule has 1 aliphatic heterocycles. The summed E-state index contributed by atoms with van der Waals surface area (Å²) in [4.78, 5) is 28.8. The molecule has 4 rings (SSSR count). The van der Waals surface area contributed by atoms with Gasteiger partial charge in [-0.05, 0) is 56.0 Å². The highest BCUT2D eigenvalue weighted by Gasteiger charge is 2.27. The third kappa shape index (κ3) is 4.03. The SMILES string of the molecule is Cc1cccc(CN2CCCN(c3ccc(NC(=O)C4CCC4)cc3)C2=O)c1. The Balaban J connectivity index is 1.41. The summed E-state index contributed by atoms with van der Waals surface area (Å²) in [6.07, 6.45) is 4.07. The zero-order valence-electron chi connectivity index (χ0n) is 16.4. The van der Waals surface area contributed by atoms with Crippen LogP contribution in [0.5, 0.6) is 0 Å². The maximum absolute atomic E-state index is 13.0. The molecule has 0 atom stereocenters. The van der Waals surface area contributed by atoms with E-state index in [1.54, 1.807) is 0 Å². The highest BCUT2D eigenvalue weighted by atomic mass is 16.2. The van der Waals surface area contributed by atoms with Crippen LogP contribution < -0.4 is 10.2 Å². The van der Waals surface area contributed by atoms with Crippen LogP contribution in [0.3, 0.4) is 0 Å². The Morgan fingerprint density at radius 1 is 1.07 bits per heavy atom. The first-order valence-corrected chi connectivity index (χ1v) is 10.1. The van der Waals surface area contributed by atoms with Gasteiger partial charge in [-0.1, -0.05) is 36.2 Å². The van der Waals surface area contributed by atoms with E-state index in [2.05, 4.69) is 30.4 Å². The Labute approximate surface area is 166 Å². The molecular formula is C23H27N3O2. The minimum Gasteiger partial charge on any atom is -0.326 e. The first-order chi connectivity index (χ1) is 13.6. The zero-order valence-corrected chi connectivity index (χ0v) is 16.4. The molecule has 0 radical (unpaired) electrons. The second kappa shape index (κ2) is 8.05. The second-order valence-electron chi connectivity index (χ2n) is 7.86. The number of nitrogens with one attached hydrogen (secondary N) is 1. The number of rotatable bonds is 5. The van der Waals surface area contributed by atoms with E-state index in [1.165, 1.54) is 5.56 Å². The predicted octanol–water partition coefficient (Wildman–Crippen LogP) is 4.57. The van der Waals surface area contributed by atoms with Crippen LogP contribution in [0.15, 0.2) is 48.5 Å². The summed E-state index contributed by atoms with van der Waals surface area (Å²) in [5.41, 5.74) is 4.03. The Morgan fingerprint density at radius 2 is 1.86 bits per heavy atom. The van der Waals surface area contributed by atoms with Crippen molar-refractivity contribution >= 4 is 23.3 Å². The Morgan fingerprint density at radius 3 is 2.54 bits per heavy atom. The van der Waals surface area contributed by atoms with Gasteiger partial charge in [0.25, 0.3) is 0 Å². The van der Waals surface area contributed by atoms with Gasteiger partial charge in [-0.3, -0.25) is 9.69 Å². The van der Waals surface area contributed by atoms with Crippen molar-refractivity contribution in [2.45, 2.75) is 39.2 Å². The maximum Gasteiger partial charge on any atom is 0.324 e. The largest absolute Gasteiger partial charge is 0.326 e. The average molecular weight is 377 g/mol. The van der Waals surface area contributed by atoms with Crippen molar-refractivity contribution in [1.82, 2.24) is 4.90 Å². The van der Waals surface area contributed by atoms with E-state index < -0.39 is 0 Å². The molecule has 1 saturated carbocycles. The molecule has 0 unspecified atom stereocenters. The second-order valence-corrected chi connectivity index (χ2v) is 7.86. The lowest BCUT2D eigenvalue weighted by atomic mass is 9.85. The number of benzene rings is 2. The molecule has 1 aliphatic carbocycles. The van der Waals surface area contributed by atoms with E-state index in [0.29, 0.717) is 6.54 Å². The third-order valence-corrected chi connectivity index (χ3v) is 5.69. The van der Waals surface area contributed by atoms with Crippen molar-refractivity contribution in [3.63, 3.8) is 0 Å². The lowest BCUT2D eigenvalue weighted by Crippen LogP contribution is -2.49. The van der Waals surface area contributed by atoms with Crippen molar-refractivity contribution in [2.75, 3.05) is 23.3 Å². The van der Waals surface area contributed by atoms with Crippen LogP contribution in [0.4, 0.5) is 16.2 Å². The van der Waals surface area contributed by atoms with Crippen LogP contribution in [0.2, 0.25) is 0 Å². The van der Waals surface area contributed by atoms with E-state index in [0.717, 1.165) is 55.7 Å². The molecule has 3 amide bonds. The highest BCUT2D eigenvalue weighted by molar-refractivity contribution is 5.95. The quantitative estimate of drug-likeness (QED) is 0.830. The van der Waals surface area contributed by atoms with Crippen LogP contribution >= 0.6 is 0 Å². The molecule has 28 heavy (non-hydrogen) atoms. The number of hydrogen-bond acceptors (Lipinski definition) is 2. The lowest BCUT2D eigenvalue weighted by molar-refractivity contribution is -0.122. The first-order valence-electron chi connectivity index (χ1n) is 10.1. The van der Waals surface area contributed by atoms with Gasteiger partial charge >= 0.3 is 6.03 Å². The number of nitrogens with zero attached hydrogens (tertiary/aromatic N) is 2. The number of amides is 3. The number of carbonyl (C=O) groups is 2. The first kappa shape index (κ1) is 18.5. The molecule has 2 aromatic carbocycles. The lowest BCUT2D eigenvalue weighted by Gasteiger charge is -2.35. The molecule has 0 bridgehead atoms. The van der Waals surface area contributed by atoms with Crippen molar-refractivity contribution < 1.29 is 9.59 Å².